The molecule has 0 bridgehead atoms. The number of halogens is 1. The van der Waals surface area contributed by atoms with E-state index < -0.39 is 22.0 Å². The summed E-state index contributed by atoms with van der Waals surface area (Å²) in [4.78, 5) is 19.0. The number of carbonyl (C=O) groups excluding carboxylic acids is 1. The highest BCUT2D eigenvalue weighted by Gasteiger charge is 2.36. The lowest BCUT2D eigenvalue weighted by Crippen LogP contribution is -2.47. The van der Waals surface area contributed by atoms with E-state index >= 15 is 0 Å². The Kier molecular flexibility index (Phi) is 6.91. The molecule has 37 heavy (non-hydrogen) atoms. The summed E-state index contributed by atoms with van der Waals surface area (Å²) >= 11 is 6.11. The van der Waals surface area contributed by atoms with E-state index in [2.05, 4.69) is 9.97 Å². The Balaban J connectivity index is 1.32. The number of rotatable bonds is 7. The molecule has 1 aliphatic heterocycles. The highest BCUT2D eigenvalue weighted by Crippen LogP contribution is 2.32. The molecular formula is C26H25ClN4O5S. The molecule has 1 fully saturated rings. The normalized spacial score (nSPS) is 16.6. The maximum absolute atomic E-state index is 13.7. The fraction of sp³-hybridized carbons (Fsp3) is 0.231. The Bertz CT molecular complexity index is 1570. The number of sulfonamides is 1. The van der Waals surface area contributed by atoms with Gasteiger partial charge < -0.3 is 20.2 Å². The molecule has 2 aromatic carbocycles. The molecule has 0 aliphatic carbocycles. The van der Waals surface area contributed by atoms with Gasteiger partial charge in [-0.3, -0.25) is 9.78 Å². The van der Waals surface area contributed by atoms with E-state index in [1.54, 1.807) is 18.3 Å². The Hall–Kier alpha value is -3.44. The van der Waals surface area contributed by atoms with Crippen LogP contribution in [0.2, 0.25) is 5.02 Å². The zero-order valence-electron chi connectivity index (χ0n) is 20.0. The zero-order chi connectivity index (χ0) is 26.2. The van der Waals surface area contributed by atoms with Crippen LogP contribution in [0, 0.1) is 6.92 Å². The molecule has 1 atom stereocenters. The third kappa shape index (κ3) is 5.05. The molecular weight excluding hydrogens is 516 g/mol. The highest BCUT2D eigenvalue weighted by atomic mass is 35.5. The number of benzene rings is 2. The predicted octanol–water partition coefficient (Wildman–Crippen LogP) is 3.76. The molecule has 1 saturated heterocycles. The molecule has 1 aliphatic rings. The second kappa shape index (κ2) is 10.1. The summed E-state index contributed by atoms with van der Waals surface area (Å²) in [5.74, 6) is -0.236. The summed E-state index contributed by atoms with van der Waals surface area (Å²) in [5, 5.41) is 0.654. The fourth-order valence-corrected chi connectivity index (χ4v) is 6.39. The quantitative estimate of drug-likeness (QED) is 0.367. The van der Waals surface area contributed by atoms with Crippen LogP contribution in [0.3, 0.4) is 0 Å². The first-order valence-corrected chi connectivity index (χ1v) is 13.4. The SMILES string of the molecule is Cc1ncccc1-c1ccc(OCC2CN(S(=O)(=O)c3c(C(N)=O)[nH]c4ccc(Cl)cc34)CCO2)cc1. The van der Waals surface area contributed by atoms with Crippen molar-refractivity contribution in [3.63, 3.8) is 0 Å². The monoisotopic (exact) mass is 540 g/mol. The van der Waals surface area contributed by atoms with Crippen molar-refractivity contribution in [3.05, 3.63) is 77.2 Å². The van der Waals surface area contributed by atoms with Crippen LogP contribution in [-0.4, -0.2) is 61.0 Å². The minimum absolute atomic E-state index is 0.0563. The number of hydrogen-bond acceptors (Lipinski definition) is 6. The van der Waals surface area contributed by atoms with Crippen molar-refractivity contribution in [3.8, 4) is 16.9 Å². The Labute approximate surface area is 219 Å². The third-order valence-electron chi connectivity index (χ3n) is 6.27. The maximum atomic E-state index is 13.7. The summed E-state index contributed by atoms with van der Waals surface area (Å²) in [5.41, 5.74) is 8.78. The standard InChI is InChI=1S/C26H25ClN4O5S/c1-16-21(3-2-10-29-16)17-4-7-19(8-5-17)36-15-20-14-31(11-12-35-20)37(33,34)25-22-13-18(27)6-9-23(22)30-24(25)26(28)32/h2-10,13,20,30H,11-12,14-15H2,1H3,(H2,28,32). The number of morpholine rings is 1. The molecule has 2 aromatic heterocycles. The minimum Gasteiger partial charge on any atom is -0.491 e. The number of amides is 1. The summed E-state index contributed by atoms with van der Waals surface area (Å²) < 4.78 is 40.3. The number of H-pyrrole nitrogens is 1. The minimum atomic E-state index is -4.09. The van der Waals surface area contributed by atoms with Gasteiger partial charge in [0.1, 0.15) is 29.0 Å². The van der Waals surface area contributed by atoms with E-state index in [4.69, 9.17) is 26.8 Å². The number of aromatic amines is 1. The number of ether oxygens (including phenoxy) is 2. The van der Waals surface area contributed by atoms with Gasteiger partial charge in [-0.25, -0.2) is 8.42 Å². The Morgan fingerprint density at radius 1 is 1.24 bits per heavy atom. The first kappa shape index (κ1) is 25.2. The number of hydrogen-bond donors (Lipinski definition) is 2. The van der Waals surface area contributed by atoms with Crippen molar-refractivity contribution < 1.29 is 22.7 Å². The molecule has 4 aromatic rings. The predicted molar refractivity (Wildman–Crippen MR) is 140 cm³/mol. The number of nitrogens with zero attached hydrogens (tertiary/aromatic N) is 2. The van der Waals surface area contributed by atoms with Gasteiger partial charge in [0.25, 0.3) is 5.91 Å². The van der Waals surface area contributed by atoms with Crippen LogP contribution in [0.1, 0.15) is 16.2 Å². The van der Waals surface area contributed by atoms with Gasteiger partial charge in [0, 0.05) is 46.5 Å². The van der Waals surface area contributed by atoms with Crippen molar-refractivity contribution in [2.45, 2.75) is 17.9 Å². The molecule has 1 amide bonds. The van der Waals surface area contributed by atoms with Crippen molar-refractivity contribution in [1.82, 2.24) is 14.3 Å². The number of aryl methyl sites for hydroxylation is 1. The topological polar surface area (TPSA) is 128 Å². The van der Waals surface area contributed by atoms with Crippen molar-refractivity contribution in [2.24, 2.45) is 5.73 Å². The number of pyridine rings is 1. The third-order valence-corrected chi connectivity index (χ3v) is 8.45. The molecule has 5 rings (SSSR count). The van der Waals surface area contributed by atoms with Gasteiger partial charge in [-0.2, -0.15) is 4.31 Å². The molecule has 0 spiro atoms. The molecule has 9 nitrogen and oxygen atoms in total. The van der Waals surface area contributed by atoms with Crippen molar-refractivity contribution >= 4 is 38.4 Å². The van der Waals surface area contributed by atoms with Gasteiger partial charge in [0.15, 0.2) is 0 Å². The van der Waals surface area contributed by atoms with Crippen molar-refractivity contribution in [1.29, 1.82) is 0 Å². The molecule has 3 heterocycles. The number of aromatic nitrogens is 2. The first-order valence-electron chi connectivity index (χ1n) is 11.6. The molecule has 11 heteroatoms. The smallest absolute Gasteiger partial charge is 0.266 e. The van der Waals surface area contributed by atoms with E-state index in [1.807, 2.05) is 43.3 Å². The summed E-state index contributed by atoms with van der Waals surface area (Å²) in [6.07, 6.45) is 1.25. The average molecular weight is 541 g/mol. The molecule has 0 saturated carbocycles. The number of nitrogens with two attached hydrogens (primary N) is 1. The lowest BCUT2D eigenvalue weighted by molar-refractivity contribution is -0.0249. The second-order valence-electron chi connectivity index (χ2n) is 8.71. The molecule has 3 N–H and O–H groups in total. The van der Waals surface area contributed by atoms with Crippen LogP contribution < -0.4 is 10.5 Å². The number of fused-ring (bicyclic) bond motifs is 1. The van der Waals surface area contributed by atoms with Crippen LogP contribution in [0.15, 0.2) is 65.7 Å². The van der Waals surface area contributed by atoms with Gasteiger partial charge in [0.05, 0.1) is 6.61 Å². The van der Waals surface area contributed by atoms with Gasteiger partial charge in [-0.1, -0.05) is 29.8 Å². The number of carbonyl (C=O) groups is 1. The van der Waals surface area contributed by atoms with E-state index in [0.29, 0.717) is 21.7 Å². The Morgan fingerprint density at radius 3 is 2.76 bits per heavy atom. The van der Waals surface area contributed by atoms with E-state index in [9.17, 15) is 13.2 Å². The largest absolute Gasteiger partial charge is 0.491 e. The number of nitrogens with one attached hydrogen (secondary N) is 1. The average Bonchev–Trinajstić information content (AvgIpc) is 3.28. The van der Waals surface area contributed by atoms with Crippen molar-refractivity contribution in [2.75, 3.05) is 26.3 Å². The Morgan fingerprint density at radius 2 is 2.03 bits per heavy atom. The van der Waals surface area contributed by atoms with Gasteiger partial charge in [-0.15, -0.1) is 0 Å². The molecule has 0 radical (unpaired) electrons. The first-order chi connectivity index (χ1) is 17.7. The van der Waals surface area contributed by atoms with E-state index in [0.717, 1.165) is 16.8 Å². The lowest BCUT2D eigenvalue weighted by Gasteiger charge is -2.32. The van der Waals surface area contributed by atoms with Crippen LogP contribution in [-0.2, 0) is 14.8 Å². The van der Waals surface area contributed by atoms with Gasteiger partial charge >= 0.3 is 0 Å². The molecule has 1 unspecified atom stereocenters. The second-order valence-corrected chi connectivity index (χ2v) is 11.0. The zero-order valence-corrected chi connectivity index (χ0v) is 21.6. The van der Waals surface area contributed by atoms with Crippen LogP contribution in [0.5, 0.6) is 5.75 Å². The van der Waals surface area contributed by atoms with Gasteiger partial charge in [-0.05, 0) is 48.9 Å². The van der Waals surface area contributed by atoms with E-state index in [-0.39, 0.29) is 36.9 Å². The van der Waals surface area contributed by atoms with Crippen LogP contribution in [0.25, 0.3) is 22.0 Å². The summed E-state index contributed by atoms with van der Waals surface area (Å²) in [7, 11) is -4.09. The molecule has 192 valence electrons. The summed E-state index contributed by atoms with van der Waals surface area (Å²) in [6, 6.07) is 16.2. The lowest BCUT2D eigenvalue weighted by atomic mass is 10.0. The van der Waals surface area contributed by atoms with Crippen LogP contribution in [0.4, 0.5) is 0 Å². The van der Waals surface area contributed by atoms with Gasteiger partial charge in [0.2, 0.25) is 10.0 Å². The highest BCUT2D eigenvalue weighted by molar-refractivity contribution is 7.89. The van der Waals surface area contributed by atoms with E-state index in [1.165, 1.54) is 10.4 Å². The number of primary amides is 1. The maximum Gasteiger partial charge on any atom is 0.266 e. The van der Waals surface area contributed by atoms with Crippen LogP contribution >= 0.6 is 11.6 Å². The fourth-order valence-electron chi connectivity index (χ4n) is 4.43. The summed E-state index contributed by atoms with van der Waals surface area (Å²) in [6.45, 7) is 2.47.